The van der Waals surface area contributed by atoms with Gasteiger partial charge in [-0.05, 0) is 48.9 Å². The number of carbonyl (C=O) groups excluding carboxylic acids is 1. The third-order valence-corrected chi connectivity index (χ3v) is 5.47. The second kappa shape index (κ2) is 10.1. The SMILES string of the molecule is Cc1cccc(NC(=O)CSc2nnc(COc3ccccc3F)n2-c2ccccc2)c1. The van der Waals surface area contributed by atoms with Crippen LogP contribution in [0.1, 0.15) is 11.4 Å². The van der Waals surface area contributed by atoms with Crippen molar-refractivity contribution in [2.45, 2.75) is 18.7 Å². The highest BCUT2D eigenvalue weighted by atomic mass is 32.2. The van der Waals surface area contributed by atoms with Crippen LogP contribution in [0, 0.1) is 12.7 Å². The molecule has 0 aliphatic rings. The topological polar surface area (TPSA) is 69.0 Å². The lowest BCUT2D eigenvalue weighted by molar-refractivity contribution is -0.113. The van der Waals surface area contributed by atoms with Gasteiger partial charge < -0.3 is 10.1 Å². The highest BCUT2D eigenvalue weighted by Crippen LogP contribution is 2.24. The Kier molecular flexibility index (Phi) is 6.81. The number of hydrogen-bond acceptors (Lipinski definition) is 5. The summed E-state index contributed by atoms with van der Waals surface area (Å²) in [7, 11) is 0. The van der Waals surface area contributed by atoms with E-state index in [0.717, 1.165) is 16.9 Å². The molecule has 4 rings (SSSR count). The minimum atomic E-state index is -0.444. The maximum atomic E-state index is 13.9. The van der Waals surface area contributed by atoms with Crippen molar-refractivity contribution in [1.29, 1.82) is 0 Å². The van der Waals surface area contributed by atoms with E-state index in [0.29, 0.717) is 11.0 Å². The number of benzene rings is 3. The number of hydrogen-bond donors (Lipinski definition) is 1. The zero-order valence-electron chi connectivity index (χ0n) is 17.4. The van der Waals surface area contributed by atoms with Gasteiger partial charge in [0.25, 0.3) is 0 Å². The second-order valence-corrected chi connectivity index (χ2v) is 7.94. The van der Waals surface area contributed by atoms with Crippen molar-refractivity contribution in [3.63, 3.8) is 0 Å². The Morgan fingerprint density at radius 1 is 1.03 bits per heavy atom. The third kappa shape index (κ3) is 5.33. The van der Waals surface area contributed by atoms with Gasteiger partial charge >= 0.3 is 0 Å². The first-order chi connectivity index (χ1) is 15.6. The monoisotopic (exact) mass is 448 g/mol. The molecule has 0 fully saturated rings. The Morgan fingerprint density at radius 2 is 1.81 bits per heavy atom. The molecule has 0 atom stereocenters. The Morgan fingerprint density at radius 3 is 2.59 bits per heavy atom. The predicted molar refractivity (Wildman–Crippen MR) is 123 cm³/mol. The van der Waals surface area contributed by atoms with Crippen LogP contribution in [0.4, 0.5) is 10.1 Å². The number of carbonyl (C=O) groups is 1. The Hall–Kier alpha value is -3.65. The number of thioether (sulfide) groups is 1. The molecule has 162 valence electrons. The van der Waals surface area contributed by atoms with Crippen LogP contribution in [0.15, 0.2) is 84.0 Å². The number of para-hydroxylation sites is 2. The molecule has 6 nitrogen and oxygen atoms in total. The number of aryl methyl sites for hydroxylation is 1. The average Bonchev–Trinajstić information content (AvgIpc) is 3.20. The van der Waals surface area contributed by atoms with E-state index in [1.165, 1.54) is 17.8 Å². The van der Waals surface area contributed by atoms with Crippen molar-refractivity contribution in [2.75, 3.05) is 11.1 Å². The van der Waals surface area contributed by atoms with Crippen molar-refractivity contribution in [2.24, 2.45) is 0 Å². The molecular weight excluding hydrogens is 427 g/mol. The maximum absolute atomic E-state index is 13.9. The molecule has 0 spiro atoms. The summed E-state index contributed by atoms with van der Waals surface area (Å²) >= 11 is 1.27. The molecule has 0 unspecified atom stereocenters. The van der Waals surface area contributed by atoms with E-state index in [4.69, 9.17) is 4.74 Å². The van der Waals surface area contributed by atoms with Crippen LogP contribution in [0.25, 0.3) is 5.69 Å². The molecule has 0 radical (unpaired) electrons. The van der Waals surface area contributed by atoms with Gasteiger partial charge in [0.15, 0.2) is 22.5 Å². The van der Waals surface area contributed by atoms with Crippen LogP contribution in [0.5, 0.6) is 5.75 Å². The van der Waals surface area contributed by atoms with Crippen LogP contribution < -0.4 is 10.1 Å². The summed E-state index contributed by atoms with van der Waals surface area (Å²) in [5, 5.41) is 11.9. The van der Waals surface area contributed by atoms with Gasteiger partial charge in [-0.2, -0.15) is 0 Å². The molecule has 0 saturated carbocycles. The molecule has 3 aromatic carbocycles. The Bertz CT molecular complexity index is 1210. The molecule has 0 saturated heterocycles. The molecule has 32 heavy (non-hydrogen) atoms. The van der Waals surface area contributed by atoms with Gasteiger partial charge in [0.2, 0.25) is 5.91 Å². The van der Waals surface area contributed by atoms with Crippen LogP contribution in [-0.4, -0.2) is 26.4 Å². The van der Waals surface area contributed by atoms with Gasteiger partial charge in [-0.3, -0.25) is 9.36 Å². The standard InChI is InChI=1S/C24H21FN4O2S/c1-17-8-7-9-18(14-17)26-23(30)16-32-24-28-27-22(29(24)19-10-3-2-4-11-19)15-31-21-13-6-5-12-20(21)25/h2-14H,15-16H2,1H3,(H,26,30). The number of rotatable bonds is 8. The minimum absolute atomic E-state index is 0.0267. The summed E-state index contributed by atoms with van der Waals surface area (Å²) in [4.78, 5) is 12.4. The second-order valence-electron chi connectivity index (χ2n) is 7.00. The number of nitrogens with zero attached hydrogens (tertiary/aromatic N) is 3. The van der Waals surface area contributed by atoms with Crippen molar-refractivity contribution >= 4 is 23.4 Å². The number of halogens is 1. The van der Waals surface area contributed by atoms with Gasteiger partial charge in [0, 0.05) is 11.4 Å². The van der Waals surface area contributed by atoms with E-state index < -0.39 is 5.82 Å². The lowest BCUT2D eigenvalue weighted by atomic mass is 10.2. The van der Waals surface area contributed by atoms with Crippen molar-refractivity contribution in [3.8, 4) is 11.4 Å². The van der Waals surface area contributed by atoms with E-state index in [-0.39, 0.29) is 24.0 Å². The molecule has 1 amide bonds. The van der Waals surface area contributed by atoms with Crippen LogP contribution in [0.2, 0.25) is 0 Å². The first kappa shape index (κ1) is 21.6. The number of ether oxygens (including phenoxy) is 1. The minimum Gasteiger partial charge on any atom is -0.483 e. The van der Waals surface area contributed by atoms with Gasteiger partial charge in [-0.1, -0.05) is 54.2 Å². The van der Waals surface area contributed by atoms with Crippen molar-refractivity contribution in [3.05, 3.63) is 96.1 Å². The summed E-state index contributed by atoms with van der Waals surface area (Å²) < 4.78 is 21.4. The van der Waals surface area contributed by atoms with Gasteiger partial charge in [-0.15, -0.1) is 10.2 Å². The number of amides is 1. The van der Waals surface area contributed by atoms with Gasteiger partial charge in [0.05, 0.1) is 5.75 Å². The largest absolute Gasteiger partial charge is 0.483 e. The normalized spacial score (nSPS) is 10.7. The average molecular weight is 449 g/mol. The molecule has 1 N–H and O–H groups in total. The van der Waals surface area contributed by atoms with Crippen molar-refractivity contribution < 1.29 is 13.9 Å². The maximum Gasteiger partial charge on any atom is 0.234 e. The molecule has 1 heterocycles. The predicted octanol–water partition coefficient (Wildman–Crippen LogP) is 5.02. The molecule has 0 aliphatic heterocycles. The van der Waals surface area contributed by atoms with Crippen LogP contribution in [0.3, 0.4) is 0 Å². The third-order valence-electron chi connectivity index (χ3n) is 4.54. The first-order valence-corrected chi connectivity index (χ1v) is 10.9. The summed E-state index contributed by atoms with van der Waals surface area (Å²) in [5.41, 5.74) is 2.64. The van der Waals surface area contributed by atoms with Gasteiger partial charge in [0.1, 0.15) is 6.61 Å². The summed E-state index contributed by atoms with van der Waals surface area (Å²) in [6.45, 7) is 2.00. The molecule has 0 bridgehead atoms. The van der Waals surface area contributed by atoms with E-state index in [1.54, 1.807) is 18.2 Å². The quantitative estimate of drug-likeness (QED) is 0.383. The molecule has 1 aromatic heterocycles. The fourth-order valence-electron chi connectivity index (χ4n) is 3.08. The molecule has 8 heteroatoms. The van der Waals surface area contributed by atoms with E-state index in [1.807, 2.05) is 66.1 Å². The smallest absolute Gasteiger partial charge is 0.234 e. The van der Waals surface area contributed by atoms with Crippen LogP contribution in [-0.2, 0) is 11.4 Å². The highest BCUT2D eigenvalue weighted by molar-refractivity contribution is 7.99. The van der Waals surface area contributed by atoms with Gasteiger partial charge in [-0.25, -0.2) is 4.39 Å². The zero-order chi connectivity index (χ0) is 22.3. The van der Waals surface area contributed by atoms with E-state index in [2.05, 4.69) is 15.5 Å². The Balaban J connectivity index is 1.50. The lowest BCUT2D eigenvalue weighted by Crippen LogP contribution is -2.15. The lowest BCUT2D eigenvalue weighted by Gasteiger charge is -2.11. The summed E-state index contributed by atoms with van der Waals surface area (Å²) in [6.07, 6.45) is 0. The molecule has 4 aromatic rings. The zero-order valence-corrected chi connectivity index (χ0v) is 18.2. The summed E-state index contributed by atoms with van der Waals surface area (Å²) in [6, 6.07) is 23.3. The fraction of sp³-hybridized carbons (Fsp3) is 0.125. The first-order valence-electron chi connectivity index (χ1n) is 9.96. The highest BCUT2D eigenvalue weighted by Gasteiger charge is 2.17. The summed E-state index contributed by atoms with van der Waals surface area (Å²) in [5.74, 6) is 0.212. The van der Waals surface area contributed by atoms with Crippen molar-refractivity contribution in [1.82, 2.24) is 14.8 Å². The molecule has 0 aliphatic carbocycles. The number of nitrogens with one attached hydrogen (secondary N) is 1. The number of anilines is 1. The van der Waals surface area contributed by atoms with E-state index in [9.17, 15) is 9.18 Å². The van der Waals surface area contributed by atoms with E-state index >= 15 is 0 Å². The number of aromatic nitrogens is 3. The van der Waals surface area contributed by atoms with Crippen LogP contribution >= 0.6 is 11.8 Å². The molecular formula is C24H21FN4O2S. The Labute approximate surface area is 189 Å². The fourth-order valence-corrected chi connectivity index (χ4v) is 3.85.